The summed E-state index contributed by atoms with van der Waals surface area (Å²) in [6.07, 6.45) is 4.66. The lowest BCUT2D eigenvalue weighted by atomic mass is 9.58. The molecule has 5 atom stereocenters. The zero-order valence-corrected chi connectivity index (χ0v) is 14.5. The molecule has 2 saturated carbocycles. The molecule has 0 bridgehead atoms. The molecule has 0 amide bonds. The van der Waals surface area contributed by atoms with Gasteiger partial charge in [-0.05, 0) is 55.6 Å². The van der Waals surface area contributed by atoms with Crippen molar-refractivity contribution in [3.05, 3.63) is 11.1 Å². The highest BCUT2D eigenvalue weighted by atomic mass is 79.9. The van der Waals surface area contributed by atoms with Gasteiger partial charge in [-0.2, -0.15) is 0 Å². The van der Waals surface area contributed by atoms with Crippen molar-refractivity contribution in [2.45, 2.75) is 63.8 Å². The van der Waals surface area contributed by atoms with Gasteiger partial charge in [-0.3, -0.25) is 9.59 Å². The third kappa shape index (κ3) is 2.30. The summed E-state index contributed by atoms with van der Waals surface area (Å²) < 4.78 is 5.62. The molecule has 0 aliphatic heterocycles. The van der Waals surface area contributed by atoms with Crippen molar-refractivity contribution in [2.24, 2.45) is 17.3 Å². The number of carbonyl (C=O) groups is 2. The van der Waals surface area contributed by atoms with Crippen molar-refractivity contribution in [2.75, 3.05) is 0 Å². The molecule has 3 nitrogen and oxygen atoms in total. The Morgan fingerprint density at radius 2 is 2.05 bits per heavy atom. The van der Waals surface area contributed by atoms with E-state index in [0.717, 1.165) is 31.3 Å². The Bertz CT molecular complexity index is 524. The van der Waals surface area contributed by atoms with Crippen LogP contribution in [0.1, 0.15) is 52.9 Å². The zero-order chi connectivity index (χ0) is 15.4. The van der Waals surface area contributed by atoms with Gasteiger partial charge in [-0.25, -0.2) is 0 Å². The summed E-state index contributed by atoms with van der Waals surface area (Å²) in [7, 11) is 0. The van der Waals surface area contributed by atoms with Crippen LogP contribution in [-0.2, 0) is 14.3 Å². The maximum Gasteiger partial charge on any atom is 0.302 e. The molecule has 3 rings (SSSR count). The number of halogens is 1. The van der Waals surface area contributed by atoms with Gasteiger partial charge < -0.3 is 4.74 Å². The average molecular weight is 355 g/mol. The Hall–Kier alpha value is -0.640. The van der Waals surface area contributed by atoms with Crippen LogP contribution < -0.4 is 0 Å². The first-order chi connectivity index (χ1) is 9.84. The van der Waals surface area contributed by atoms with Gasteiger partial charge in [0.05, 0.1) is 0 Å². The van der Waals surface area contributed by atoms with E-state index in [1.165, 1.54) is 12.5 Å². The van der Waals surface area contributed by atoms with Crippen molar-refractivity contribution >= 4 is 27.7 Å². The molecule has 0 N–H and O–H groups in total. The molecule has 116 valence electrons. The van der Waals surface area contributed by atoms with Crippen LogP contribution in [-0.4, -0.2) is 22.7 Å². The van der Waals surface area contributed by atoms with Crippen molar-refractivity contribution in [1.29, 1.82) is 0 Å². The molecule has 0 aromatic rings. The molecule has 0 aromatic carbocycles. The van der Waals surface area contributed by atoms with Gasteiger partial charge in [0.15, 0.2) is 5.78 Å². The second-order valence-electron chi connectivity index (χ2n) is 7.11. The van der Waals surface area contributed by atoms with Crippen molar-refractivity contribution in [3.63, 3.8) is 0 Å². The van der Waals surface area contributed by atoms with Gasteiger partial charge >= 0.3 is 5.97 Å². The summed E-state index contributed by atoms with van der Waals surface area (Å²) >= 11 is 3.81. The van der Waals surface area contributed by atoms with Gasteiger partial charge in [-0.1, -0.05) is 22.9 Å². The molecule has 0 radical (unpaired) electrons. The predicted octanol–water partition coefficient (Wildman–Crippen LogP) is 3.80. The summed E-state index contributed by atoms with van der Waals surface area (Å²) in [5.74, 6) is 1.15. The monoisotopic (exact) mass is 354 g/mol. The van der Waals surface area contributed by atoms with Crippen LogP contribution in [0.2, 0.25) is 0 Å². The lowest BCUT2D eigenvalue weighted by Gasteiger charge is -2.49. The number of rotatable bonds is 1. The molecular weight excluding hydrogens is 332 g/mol. The Balaban J connectivity index is 1.96. The highest BCUT2D eigenvalue weighted by Crippen LogP contribution is 2.60. The van der Waals surface area contributed by atoms with Crippen LogP contribution in [0.5, 0.6) is 0 Å². The van der Waals surface area contributed by atoms with Crippen molar-refractivity contribution < 1.29 is 14.3 Å². The molecule has 2 fully saturated rings. The summed E-state index contributed by atoms with van der Waals surface area (Å²) in [6.45, 7) is 5.76. The van der Waals surface area contributed by atoms with E-state index in [1.807, 2.05) is 6.92 Å². The normalized spacial score (nSPS) is 42.6. The second kappa shape index (κ2) is 5.22. The number of hydrogen-bond donors (Lipinski definition) is 0. The molecule has 21 heavy (non-hydrogen) atoms. The first-order valence-electron chi connectivity index (χ1n) is 7.89. The van der Waals surface area contributed by atoms with Crippen LogP contribution in [0.3, 0.4) is 0 Å². The van der Waals surface area contributed by atoms with Gasteiger partial charge in [0.25, 0.3) is 0 Å². The first kappa shape index (κ1) is 15.3. The fourth-order valence-electron chi connectivity index (χ4n) is 5.02. The molecule has 4 heteroatoms. The third-order valence-electron chi connectivity index (χ3n) is 6.01. The smallest absolute Gasteiger partial charge is 0.302 e. The van der Waals surface area contributed by atoms with Gasteiger partial charge in [0, 0.05) is 23.6 Å². The minimum atomic E-state index is -0.177. The fourth-order valence-corrected chi connectivity index (χ4v) is 6.40. The Kier molecular flexibility index (Phi) is 3.79. The standard InChI is InChI=1S/C17H23BrO3/c1-9-14(20)6-4-11-12-5-7-15(21-10(2)19)17(12,3)8-13(18)16(9)11/h11-13,15H,4-8H2,1-3H3/t11?,12?,13?,15-,17-/m1/s1. The predicted molar refractivity (Wildman–Crippen MR) is 84.1 cm³/mol. The van der Waals surface area contributed by atoms with E-state index >= 15 is 0 Å². The van der Waals surface area contributed by atoms with Crippen LogP contribution in [0, 0.1) is 17.3 Å². The molecule has 3 aliphatic carbocycles. The summed E-state index contributed by atoms with van der Waals surface area (Å²) in [5.41, 5.74) is 2.35. The number of hydrogen-bond acceptors (Lipinski definition) is 3. The van der Waals surface area contributed by atoms with E-state index in [1.54, 1.807) is 0 Å². The second-order valence-corrected chi connectivity index (χ2v) is 8.21. The molecule has 3 aliphatic rings. The summed E-state index contributed by atoms with van der Waals surface area (Å²) in [6, 6.07) is 0. The number of ether oxygens (including phenoxy) is 1. The lowest BCUT2D eigenvalue weighted by Crippen LogP contribution is -2.47. The SMILES string of the molecule is CC(=O)O[C@@H]1CCC2C3CCC(=O)C(C)=C3C(Br)C[C@]21C. The average Bonchev–Trinajstić information content (AvgIpc) is 2.70. The highest BCUT2D eigenvalue weighted by molar-refractivity contribution is 9.09. The van der Waals surface area contributed by atoms with Crippen molar-refractivity contribution in [1.82, 2.24) is 0 Å². The summed E-state index contributed by atoms with van der Waals surface area (Å²) in [5, 5.41) is 0. The number of alkyl halides is 1. The fraction of sp³-hybridized carbons (Fsp3) is 0.765. The molecular formula is C17H23BrO3. The van der Waals surface area contributed by atoms with E-state index in [4.69, 9.17) is 4.74 Å². The van der Waals surface area contributed by atoms with E-state index in [-0.39, 0.29) is 22.3 Å². The molecule has 0 heterocycles. The largest absolute Gasteiger partial charge is 0.462 e. The molecule has 0 saturated heterocycles. The minimum absolute atomic E-state index is 0.0273. The summed E-state index contributed by atoms with van der Waals surface area (Å²) in [4.78, 5) is 23.7. The minimum Gasteiger partial charge on any atom is -0.462 e. The number of esters is 1. The van der Waals surface area contributed by atoms with Crippen molar-refractivity contribution in [3.8, 4) is 0 Å². The van der Waals surface area contributed by atoms with Gasteiger partial charge in [0.2, 0.25) is 0 Å². The number of carbonyl (C=O) groups excluding carboxylic acids is 2. The third-order valence-corrected chi connectivity index (χ3v) is 6.82. The van der Waals surface area contributed by atoms with Crippen LogP contribution in [0.4, 0.5) is 0 Å². The quantitative estimate of drug-likeness (QED) is 0.531. The Morgan fingerprint density at radius 3 is 2.71 bits per heavy atom. The number of fused-ring (bicyclic) bond motifs is 3. The van der Waals surface area contributed by atoms with Gasteiger partial charge in [0.1, 0.15) is 6.10 Å². The van der Waals surface area contributed by atoms with Crippen LogP contribution in [0.15, 0.2) is 11.1 Å². The van der Waals surface area contributed by atoms with Crippen LogP contribution >= 0.6 is 15.9 Å². The Morgan fingerprint density at radius 1 is 1.33 bits per heavy atom. The molecule has 0 spiro atoms. The van der Waals surface area contributed by atoms with E-state index < -0.39 is 0 Å². The van der Waals surface area contributed by atoms with E-state index in [0.29, 0.717) is 24.0 Å². The first-order valence-corrected chi connectivity index (χ1v) is 8.81. The maximum atomic E-state index is 12.0. The molecule has 3 unspecified atom stereocenters. The van der Waals surface area contributed by atoms with Crippen LogP contribution in [0.25, 0.3) is 0 Å². The Labute approximate surface area is 134 Å². The molecule has 0 aromatic heterocycles. The highest BCUT2D eigenvalue weighted by Gasteiger charge is 2.57. The van der Waals surface area contributed by atoms with E-state index in [9.17, 15) is 9.59 Å². The number of ketones is 1. The maximum absolute atomic E-state index is 12.0. The van der Waals surface area contributed by atoms with E-state index in [2.05, 4.69) is 22.9 Å². The zero-order valence-electron chi connectivity index (χ0n) is 12.9. The lowest BCUT2D eigenvalue weighted by molar-refractivity contribution is -0.153. The van der Waals surface area contributed by atoms with Gasteiger partial charge in [-0.15, -0.1) is 0 Å². The number of Topliss-reactive ketones (excluding diaryl/α,β-unsaturated/α-hetero) is 1. The number of allylic oxidation sites excluding steroid dienone is 2. The topological polar surface area (TPSA) is 43.4 Å².